The molecule has 5 nitrogen and oxygen atoms in total. The Kier molecular flexibility index (Phi) is 7.69. The van der Waals surface area contributed by atoms with Gasteiger partial charge in [0.1, 0.15) is 0 Å². The number of benzene rings is 1. The standard InChI is InChI=1S/C18H26N4O.ClH/c1-19-10-7-15-8-11-22(12-9-15)14-18-20-17(21-23-18)13-16-5-3-2-4-6-16;/h2-6,15,19H,7-14H2,1H3;1H. The van der Waals surface area contributed by atoms with Gasteiger partial charge < -0.3 is 9.84 Å². The Morgan fingerprint density at radius 3 is 2.67 bits per heavy atom. The minimum atomic E-state index is 0. The molecule has 0 radical (unpaired) electrons. The third kappa shape index (κ3) is 5.58. The summed E-state index contributed by atoms with van der Waals surface area (Å²) in [5, 5.41) is 7.35. The molecule has 0 spiro atoms. The summed E-state index contributed by atoms with van der Waals surface area (Å²) in [5.74, 6) is 2.37. The van der Waals surface area contributed by atoms with E-state index in [0.29, 0.717) is 0 Å². The van der Waals surface area contributed by atoms with Crippen molar-refractivity contribution in [2.24, 2.45) is 5.92 Å². The van der Waals surface area contributed by atoms with Crippen LogP contribution in [0.4, 0.5) is 0 Å². The average Bonchev–Trinajstić information content (AvgIpc) is 3.02. The van der Waals surface area contributed by atoms with Gasteiger partial charge in [-0.25, -0.2) is 0 Å². The average molecular weight is 351 g/mol. The van der Waals surface area contributed by atoms with Crippen molar-refractivity contribution in [1.29, 1.82) is 0 Å². The summed E-state index contributed by atoms with van der Waals surface area (Å²) >= 11 is 0. The molecule has 6 heteroatoms. The minimum Gasteiger partial charge on any atom is -0.338 e. The highest BCUT2D eigenvalue weighted by Crippen LogP contribution is 2.21. The summed E-state index contributed by atoms with van der Waals surface area (Å²) in [5.41, 5.74) is 1.21. The van der Waals surface area contributed by atoms with Crippen LogP contribution in [0.1, 0.15) is 36.5 Å². The zero-order valence-corrected chi connectivity index (χ0v) is 15.1. The van der Waals surface area contributed by atoms with Gasteiger partial charge in [-0.1, -0.05) is 35.5 Å². The monoisotopic (exact) mass is 350 g/mol. The van der Waals surface area contributed by atoms with Crippen LogP contribution in [0.15, 0.2) is 34.9 Å². The van der Waals surface area contributed by atoms with E-state index in [1.807, 2.05) is 25.2 Å². The number of rotatable bonds is 7. The summed E-state index contributed by atoms with van der Waals surface area (Å²) in [6, 6.07) is 10.3. The SMILES string of the molecule is CNCCC1CCN(Cc2nc(Cc3ccccc3)no2)CC1.Cl. The molecule has 1 aromatic heterocycles. The van der Waals surface area contributed by atoms with Gasteiger partial charge in [0.15, 0.2) is 5.82 Å². The van der Waals surface area contributed by atoms with E-state index in [2.05, 4.69) is 32.5 Å². The molecule has 0 bridgehead atoms. The van der Waals surface area contributed by atoms with Gasteiger partial charge in [0.2, 0.25) is 5.89 Å². The first-order valence-corrected chi connectivity index (χ1v) is 8.56. The normalized spacial score (nSPS) is 16.0. The fourth-order valence-electron chi connectivity index (χ4n) is 3.18. The molecule has 132 valence electrons. The van der Waals surface area contributed by atoms with Gasteiger partial charge in [-0.2, -0.15) is 4.98 Å². The van der Waals surface area contributed by atoms with Crippen molar-refractivity contribution in [2.45, 2.75) is 32.2 Å². The number of hydrogen-bond acceptors (Lipinski definition) is 5. The second-order valence-electron chi connectivity index (χ2n) is 6.38. The first-order chi connectivity index (χ1) is 11.3. The van der Waals surface area contributed by atoms with Crippen LogP contribution in [0.2, 0.25) is 0 Å². The number of aromatic nitrogens is 2. The Morgan fingerprint density at radius 1 is 1.21 bits per heavy atom. The summed E-state index contributed by atoms with van der Waals surface area (Å²) in [6.45, 7) is 4.16. The number of nitrogens with one attached hydrogen (secondary N) is 1. The Hall–Kier alpha value is -1.43. The van der Waals surface area contributed by atoms with E-state index in [0.717, 1.165) is 50.2 Å². The molecule has 0 atom stereocenters. The zero-order chi connectivity index (χ0) is 15.9. The fourth-order valence-corrected chi connectivity index (χ4v) is 3.18. The van der Waals surface area contributed by atoms with Crippen LogP contribution in [0.3, 0.4) is 0 Å². The highest BCUT2D eigenvalue weighted by atomic mass is 35.5. The molecule has 0 unspecified atom stereocenters. The maximum Gasteiger partial charge on any atom is 0.240 e. The quantitative estimate of drug-likeness (QED) is 0.832. The highest BCUT2D eigenvalue weighted by molar-refractivity contribution is 5.85. The lowest BCUT2D eigenvalue weighted by Crippen LogP contribution is -2.34. The number of nitrogens with zero attached hydrogens (tertiary/aromatic N) is 3. The summed E-state index contributed by atoms with van der Waals surface area (Å²) in [6.07, 6.45) is 4.56. The predicted octanol–water partition coefficient (Wildman–Crippen LogP) is 2.90. The van der Waals surface area contributed by atoms with Gasteiger partial charge in [0.25, 0.3) is 0 Å². The third-order valence-electron chi connectivity index (χ3n) is 4.58. The van der Waals surface area contributed by atoms with Crippen molar-refractivity contribution < 1.29 is 4.52 Å². The van der Waals surface area contributed by atoms with Gasteiger partial charge in [-0.15, -0.1) is 12.4 Å². The van der Waals surface area contributed by atoms with Gasteiger partial charge >= 0.3 is 0 Å². The first-order valence-electron chi connectivity index (χ1n) is 8.56. The Labute approximate surface area is 150 Å². The third-order valence-corrected chi connectivity index (χ3v) is 4.58. The number of halogens is 1. The number of likely N-dealkylation sites (tertiary alicyclic amines) is 1. The molecule has 1 aliphatic rings. The molecule has 1 aliphatic heterocycles. The zero-order valence-electron chi connectivity index (χ0n) is 14.3. The van der Waals surface area contributed by atoms with Crippen LogP contribution >= 0.6 is 12.4 Å². The highest BCUT2D eigenvalue weighted by Gasteiger charge is 2.20. The minimum absolute atomic E-state index is 0. The molecular formula is C18H27ClN4O. The lowest BCUT2D eigenvalue weighted by Gasteiger charge is -2.30. The van der Waals surface area contributed by atoms with E-state index in [4.69, 9.17) is 4.52 Å². The molecule has 24 heavy (non-hydrogen) atoms. The maximum atomic E-state index is 5.42. The molecular weight excluding hydrogens is 324 g/mol. The fraction of sp³-hybridized carbons (Fsp3) is 0.556. The van der Waals surface area contributed by atoms with E-state index in [1.165, 1.54) is 24.8 Å². The van der Waals surface area contributed by atoms with Crippen molar-refractivity contribution in [3.05, 3.63) is 47.6 Å². The Morgan fingerprint density at radius 2 is 1.96 bits per heavy atom. The molecule has 0 aliphatic carbocycles. The summed E-state index contributed by atoms with van der Waals surface area (Å²) in [4.78, 5) is 6.97. The number of hydrogen-bond donors (Lipinski definition) is 1. The van der Waals surface area contributed by atoms with Crippen molar-refractivity contribution >= 4 is 12.4 Å². The van der Waals surface area contributed by atoms with Crippen LogP contribution in [-0.2, 0) is 13.0 Å². The van der Waals surface area contributed by atoms with E-state index >= 15 is 0 Å². The van der Waals surface area contributed by atoms with Gasteiger partial charge in [0.05, 0.1) is 6.54 Å². The first kappa shape index (κ1) is 18.9. The largest absolute Gasteiger partial charge is 0.338 e. The van der Waals surface area contributed by atoms with Crippen LogP contribution in [-0.4, -0.2) is 41.7 Å². The van der Waals surface area contributed by atoms with Crippen molar-refractivity contribution in [3.63, 3.8) is 0 Å². The van der Waals surface area contributed by atoms with Gasteiger partial charge in [-0.3, -0.25) is 4.90 Å². The molecule has 1 aromatic carbocycles. The van der Waals surface area contributed by atoms with Crippen LogP contribution < -0.4 is 5.32 Å². The molecule has 0 saturated carbocycles. The van der Waals surface area contributed by atoms with Crippen molar-refractivity contribution in [1.82, 2.24) is 20.4 Å². The predicted molar refractivity (Wildman–Crippen MR) is 97.3 cm³/mol. The van der Waals surface area contributed by atoms with Crippen molar-refractivity contribution in [2.75, 3.05) is 26.7 Å². The second kappa shape index (κ2) is 9.77. The molecule has 0 amide bonds. The molecule has 1 fully saturated rings. The van der Waals surface area contributed by atoms with Crippen LogP contribution in [0.25, 0.3) is 0 Å². The topological polar surface area (TPSA) is 54.2 Å². The van der Waals surface area contributed by atoms with E-state index < -0.39 is 0 Å². The molecule has 3 rings (SSSR count). The Bertz CT molecular complexity index is 582. The lowest BCUT2D eigenvalue weighted by molar-refractivity contribution is 0.155. The molecule has 1 N–H and O–H groups in total. The van der Waals surface area contributed by atoms with E-state index in [-0.39, 0.29) is 12.4 Å². The second-order valence-corrected chi connectivity index (χ2v) is 6.38. The van der Waals surface area contributed by atoms with E-state index in [1.54, 1.807) is 0 Å². The molecule has 2 aromatic rings. The van der Waals surface area contributed by atoms with Crippen molar-refractivity contribution in [3.8, 4) is 0 Å². The molecule has 1 saturated heterocycles. The lowest BCUT2D eigenvalue weighted by atomic mass is 9.93. The van der Waals surface area contributed by atoms with Crippen LogP contribution in [0, 0.1) is 5.92 Å². The number of piperidine rings is 1. The Balaban J connectivity index is 0.00000208. The maximum absolute atomic E-state index is 5.42. The smallest absolute Gasteiger partial charge is 0.240 e. The van der Waals surface area contributed by atoms with Gasteiger partial charge in [-0.05, 0) is 57.4 Å². The summed E-state index contributed by atoms with van der Waals surface area (Å²) < 4.78 is 5.42. The van der Waals surface area contributed by atoms with Crippen LogP contribution in [0.5, 0.6) is 0 Å². The van der Waals surface area contributed by atoms with Gasteiger partial charge in [0, 0.05) is 6.42 Å². The van der Waals surface area contributed by atoms with E-state index in [9.17, 15) is 0 Å². The summed E-state index contributed by atoms with van der Waals surface area (Å²) in [7, 11) is 2.03. The molecule has 2 heterocycles.